The van der Waals surface area contributed by atoms with Crippen molar-refractivity contribution in [1.29, 1.82) is 0 Å². The Bertz CT molecular complexity index is 424. The summed E-state index contributed by atoms with van der Waals surface area (Å²) < 4.78 is 0. The first-order valence-electron chi connectivity index (χ1n) is 6.46. The maximum atomic E-state index is 11.0. The topological polar surface area (TPSA) is 72.8 Å². The van der Waals surface area contributed by atoms with E-state index in [1.165, 1.54) is 6.92 Å². The average Bonchev–Trinajstić information content (AvgIpc) is 2.64. The zero-order valence-electron chi connectivity index (χ0n) is 11.0. The lowest BCUT2D eigenvalue weighted by Crippen LogP contribution is -2.44. The van der Waals surface area contributed by atoms with E-state index in [1.807, 2.05) is 35.2 Å². The summed E-state index contributed by atoms with van der Waals surface area (Å²) >= 11 is 0. The molecule has 0 spiro atoms. The minimum Gasteiger partial charge on any atom is -0.389 e. The van der Waals surface area contributed by atoms with Crippen molar-refractivity contribution in [3.8, 4) is 0 Å². The van der Waals surface area contributed by atoms with Gasteiger partial charge in [0.25, 0.3) is 0 Å². The van der Waals surface area contributed by atoms with Crippen LogP contribution in [-0.2, 0) is 11.3 Å². The third-order valence-corrected chi connectivity index (χ3v) is 3.47. The molecule has 104 valence electrons. The number of benzene rings is 1. The predicted molar refractivity (Wildman–Crippen MR) is 71.3 cm³/mol. The zero-order chi connectivity index (χ0) is 13.8. The number of rotatable bonds is 4. The number of amides is 1. The summed E-state index contributed by atoms with van der Waals surface area (Å²) in [5.74, 6) is -0.131. The third kappa shape index (κ3) is 3.53. The van der Waals surface area contributed by atoms with Crippen LogP contribution >= 0.6 is 0 Å². The molecule has 2 rings (SSSR count). The molecule has 0 aromatic heterocycles. The van der Waals surface area contributed by atoms with E-state index in [0.29, 0.717) is 19.6 Å². The van der Waals surface area contributed by atoms with E-state index in [-0.39, 0.29) is 11.9 Å². The molecule has 0 radical (unpaired) electrons. The Hall–Kier alpha value is -1.43. The number of β-amino-alcohol motifs (C(OH)–C–C–N with tert-alkyl or cyclic N) is 1. The van der Waals surface area contributed by atoms with Crippen LogP contribution in [0.15, 0.2) is 30.3 Å². The summed E-state index contributed by atoms with van der Waals surface area (Å²) in [5.41, 5.74) is 1.12. The molecule has 1 aliphatic heterocycles. The summed E-state index contributed by atoms with van der Waals surface area (Å²) in [6, 6.07) is 9.63. The molecule has 1 aromatic carbocycles. The lowest BCUT2D eigenvalue weighted by Gasteiger charge is -2.25. The minimum atomic E-state index is -0.824. The first-order valence-corrected chi connectivity index (χ1v) is 6.46. The second-order valence-corrected chi connectivity index (χ2v) is 4.98. The highest BCUT2D eigenvalue weighted by Crippen LogP contribution is 2.20. The Labute approximate surface area is 112 Å². The van der Waals surface area contributed by atoms with Gasteiger partial charge >= 0.3 is 0 Å². The molecule has 5 nitrogen and oxygen atoms in total. The number of nitrogens with zero attached hydrogens (tertiary/aromatic N) is 1. The van der Waals surface area contributed by atoms with Crippen molar-refractivity contribution in [3.05, 3.63) is 35.9 Å². The summed E-state index contributed by atoms with van der Waals surface area (Å²) in [5, 5.41) is 22.5. The predicted octanol–water partition coefficient (Wildman–Crippen LogP) is -0.271. The Balaban J connectivity index is 2.02. The van der Waals surface area contributed by atoms with Gasteiger partial charge in [0.15, 0.2) is 0 Å². The van der Waals surface area contributed by atoms with Gasteiger partial charge in [-0.1, -0.05) is 30.3 Å². The van der Waals surface area contributed by atoms with Crippen molar-refractivity contribution < 1.29 is 15.0 Å². The third-order valence-electron chi connectivity index (χ3n) is 3.47. The first-order chi connectivity index (χ1) is 9.08. The molecule has 3 atom stereocenters. The van der Waals surface area contributed by atoms with Gasteiger partial charge in [0, 0.05) is 26.6 Å². The molecule has 1 saturated heterocycles. The van der Waals surface area contributed by atoms with Crippen LogP contribution in [0.4, 0.5) is 0 Å². The summed E-state index contributed by atoms with van der Waals surface area (Å²) in [7, 11) is 0. The standard InChI is InChI=1S/C14H20N2O3/c1-10(17)15-7-12-14(19)13(18)9-16(12)8-11-5-3-2-4-6-11/h2-6,12-14,18-19H,7-9H2,1H3,(H,15,17)/t12-,13-,14+/m0/s1. The van der Waals surface area contributed by atoms with Crippen molar-refractivity contribution >= 4 is 5.91 Å². The van der Waals surface area contributed by atoms with E-state index in [1.54, 1.807) is 0 Å². The highest BCUT2D eigenvalue weighted by molar-refractivity contribution is 5.72. The maximum absolute atomic E-state index is 11.0. The quantitative estimate of drug-likeness (QED) is 0.700. The van der Waals surface area contributed by atoms with Crippen LogP contribution in [0.5, 0.6) is 0 Å². The molecule has 1 aromatic rings. The largest absolute Gasteiger partial charge is 0.389 e. The Morgan fingerprint density at radius 2 is 2.05 bits per heavy atom. The molecule has 0 saturated carbocycles. The molecular formula is C14H20N2O3. The molecule has 1 fully saturated rings. The van der Waals surface area contributed by atoms with Crippen LogP contribution in [0.25, 0.3) is 0 Å². The zero-order valence-corrected chi connectivity index (χ0v) is 11.0. The number of hydrogen-bond acceptors (Lipinski definition) is 4. The number of carbonyl (C=O) groups is 1. The van der Waals surface area contributed by atoms with Crippen LogP contribution in [0.1, 0.15) is 12.5 Å². The van der Waals surface area contributed by atoms with E-state index in [0.717, 1.165) is 5.56 Å². The number of hydrogen-bond donors (Lipinski definition) is 3. The fourth-order valence-corrected chi connectivity index (χ4v) is 2.45. The second-order valence-electron chi connectivity index (χ2n) is 4.98. The Morgan fingerprint density at radius 1 is 1.37 bits per heavy atom. The van der Waals surface area contributed by atoms with E-state index >= 15 is 0 Å². The van der Waals surface area contributed by atoms with E-state index in [4.69, 9.17) is 0 Å². The lowest BCUT2D eigenvalue weighted by atomic mass is 10.1. The van der Waals surface area contributed by atoms with Gasteiger partial charge in [-0.2, -0.15) is 0 Å². The number of likely N-dealkylation sites (tertiary alicyclic amines) is 1. The molecule has 1 aliphatic rings. The van der Waals surface area contributed by atoms with Gasteiger partial charge in [-0.15, -0.1) is 0 Å². The fraction of sp³-hybridized carbons (Fsp3) is 0.500. The van der Waals surface area contributed by atoms with Crippen LogP contribution in [0, 0.1) is 0 Å². The van der Waals surface area contributed by atoms with Crippen molar-refractivity contribution in [2.75, 3.05) is 13.1 Å². The van der Waals surface area contributed by atoms with Gasteiger partial charge in [0.05, 0.1) is 18.2 Å². The normalized spacial score (nSPS) is 27.4. The van der Waals surface area contributed by atoms with Gasteiger partial charge in [0.2, 0.25) is 5.91 Å². The van der Waals surface area contributed by atoms with Crippen molar-refractivity contribution in [3.63, 3.8) is 0 Å². The molecule has 3 N–H and O–H groups in total. The second kappa shape index (κ2) is 6.14. The molecule has 19 heavy (non-hydrogen) atoms. The van der Waals surface area contributed by atoms with E-state index in [9.17, 15) is 15.0 Å². The van der Waals surface area contributed by atoms with Crippen LogP contribution in [-0.4, -0.2) is 52.4 Å². The summed E-state index contributed by atoms with van der Waals surface area (Å²) in [6.07, 6.45) is -1.59. The van der Waals surface area contributed by atoms with Crippen molar-refractivity contribution in [2.24, 2.45) is 0 Å². The maximum Gasteiger partial charge on any atom is 0.216 e. The van der Waals surface area contributed by atoms with Crippen molar-refractivity contribution in [2.45, 2.75) is 31.7 Å². The number of nitrogens with one attached hydrogen (secondary N) is 1. The number of carbonyl (C=O) groups excluding carboxylic acids is 1. The van der Waals surface area contributed by atoms with E-state index < -0.39 is 12.2 Å². The van der Waals surface area contributed by atoms with Crippen LogP contribution in [0.2, 0.25) is 0 Å². The van der Waals surface area contributed by atoms with Crippen LogP contribution in [0.3, 0.4) is 0 Å². The Morgan fingerprint density at radius 3 is 2.68 bits per heavy atom. The molecule has 0 aliphatic carbocycles. The molecule has 1 heterocycles. The molecule has 1 amide bonds. The summed E-state index contributed by atoms with van der Waals surface area (Å²) in [4.78, 5) is 13.0. The van der Waals surface area contributed by atoms with Gasteiger partial charge in [0.1, 0.15) is 0 Å². The van der Waals surface area contributed by atoms with Crippen molar-refractivity contribution in [1.82, 2.24) is 10.2 Å². The molecule has 0 unspecified atom stereocenters. The summed E-state index contributed by atoms with van der Waals surface area (Å²) in [6.45, 7) is 2.86. The van der Waals surface area contributed by atoms with Gasteiger partial charge in [-0.3, -0.25) is 9.69 Å². The average molecular weight is 264 g/mol. The molecule has 0 bridgehead atoms. The smallest absolute Gasteiger partial charge is 0.216 e. The van der Waals surface area contributed by atoms with Crippen LogP contribution < -0.4 is 5.32 Å². The Kier molecular flexibility index (Phi) is 4.52. The monoisotopic (exact) mass is 264 g/mol. The molecule has 5 heteroatoms. The SMILES string of the molecule is CC(=O)NC[C@H]1[C@@H](O)[C@@H](O)CN1Cc1ccccc1. The van der Waals surface area contributed by atoms with Gasteiger partial charge < -0.3 is 15.5 Å². The highest BCUT2D eigenvalue weighted by Gasteiger charge is 2.39. The highest BCUT2D eigenvalue weighted by atomic mass is 16.3. The van der Waals surface area contributed by atoms with E-state index in [2.05, 4.69) is 5.32 Å². The first kappa shape index (κ1) is 14.0. The fourth-order valence-electron chi connectivity index (χ4n) is 2.45. The minimum absolute atomic E-state index is 0.131. The number of aliphatic hydroxyl groups is 2. The van der Waals surface area contributed by atoms with Gasteiger partial charge in [-0.25, -0.2) is 0 Å². The lowest BCUT2D eigenvalue weighted by molar-refractivity contribution is -0.119. The van der Waals surface area contributed by atoms with Gasteiger partial charge in [-0.05, 0) is 5.56 Å². The number of aliphatic hydroxyl groups excluding tert-OH is 2. The molecular weight excluding hydrogens is 244 g/mol.